The molecule has 0 heterocycles. The van der Waals surface area contributed by atoms with Crippen molar-refractivity contribution in [2.45, 2.75) is 45.3 Å². The second-order valence-electron chi connectivity index (χ2n) is 4.90. The number of hydrogen-bond acceptors (Lipinski definition) is 2. The summed E-state index contributed by atoms with van der Waals surface area (Å²) >= 11 is 0. The summed E-state index contributed by atoms with van der Waals surface area (Å²) in [5.74, 6) is 1.55. The topological polar surface area (TPSA) is 29.5 Å². The Balaban J connectivity index is 2.10. The van der Waals surface area contributed by atoms with Gasteiger partial charge in [0.15, 0.2) is 0 Å². The van der Waals surface area contributed by atoms with Gasteiger partial charge in [0.05, 0.1) is 12.2 Å². The molecule has 2 heteroatoms. The lowest BCUT2D eigenvalue weighted by Crippen LogP contribution is -2.09. The minimum atomic E-state index is -0.373. The molecule has 1 fully saturated rings. The summed E-state index contributed by atoms with van der Waals surface area (Å²) in [6, 6.07) is 7.81. The van der Waals surface area contributed by atoms with Gasteiger partial charge in [-0.3, -0.25) is 0 Å². The molecule has 1 N–H and O–H groups in total. The smallest absolute Gasteiger partial charge is 0.125 e. The number of benzene rings is 1. The summed E-state index contributed by atoms with van der Waals surface area (Å²) in [6.45, 7) is 4.01. The van der Waals surface area contributed by atoms with E-state index in [1.165, 1.54) is 12.8 Å². The van der Waals surface area contributed by atoms with Gasteiger partial charge in [-0.2, -0.15) is 0 Å². The highest BCUT2D eigenvalue weighted by Gasteiger charge is 2.26. The van der Waals surface area contributed by atoms with Crippen molar-refractivity contribution in [2.24, 2.45) is 5.92 Å². The Hall–Kier alpha value is -1.02. The summed E-state index contributed by atoms with van der Waals surface area (Å²) in [4.78, 5) is 0. The van der Waals surface area contributed by atoms with E-state index >= 15 is 0 Å². The first kappa shape index (κ1) is 11.5. The first-order valence-corrected chi connectivity index (χ1v) is 6.10. The van der Waals surface area contributed by atoms with Crippen LogP contribution in [0.3, 0.4) is 0 Å². The molecule has 0 amide bonds. The zero-order chi connectivity index (χ0) is 11.5. The maximum absolute atomic E-state index is 10.1. The van der Waals surface area contributed by atoms with Gasteiger partial charge < -0.3 is 9.84 Å². The average molecular weight is 220 g/mol. The van der Waals surface area contributed by atoms with Crippen LogP contribution in [0.15, 0.2) is 24.3 Å². The van der Waals surface area contributed by atoms with Gasteiger partial charge in [-0.15, -0.1) is 0 Å². The number of ether oxygens (including phenoxy) is 1. The molecule has 1 unspecified atom stereocenters. The third-order valence-corrected chi connectivity index (χ3v) is 2.89. The van der Waals surface area contributed by atoms with Crippen LogP contribution < -0.4 is 4.74 Å². The number of rotatable bonds is 5. The monoisotopic (exact) mass is 220 g/mol. The maximum Gasteiger partial charge on any atom is 0.125 e. The zero-order valence-electron chi connectivity index (χ0n) is 10.0. The van der Waals surface area contributed by atoms with Crippen molar-refractivity contribution in [2.75, 3.05) is 0 Å². The molecule has 2 rings (SSSR count). The molecule has 0 aromatic heterocycles. The lowest BCUT2D eigenvalue weighted by atomic mass is 10.0. The molecular weight excluding hydrogens is 200 g/mol. The predicted molar refractivity (Wildman–Crippen MR) is 64.5 cm³/mol. The van der Waals surface area contributed by atoms with Gasteiger partial charge in [-0.1, -0.05) is 31.0 Å². The molecule has 16 heavy (non-hydrogen) atoms. The summed E-state index contributed by atoms with van der Waals surface area (Å²) in [6.07, 6.45) is 3.18. The highest BCUT2D eigenvalue weighted by atomic mass is 16.5. The van der Waals surface area contributed by atoms with Crippen LogP contribution in [0.1, 0.15) is 44.8 Å². The van der Waals surface area contributed by atoms with E-state index in [9.17, 15) is 5.11 Å². The molecule has 0 bridgehead atoms. The van der Waals surface area contributed by atoms with Crippen LogP contribution in [0.2, 0.25) is 0 Å². The van der Waals surface area contributed by atoms with Crippen molar-refractivity contribution in [1.29, 1.82) is 0 Å². The highest BCUT2D eigenvalue weighted by molar-refractivity contribution is 5.35. The molecule has 1 aromatic rings. The molecule has 0 spiro atoms. The van der Waals surface area contributed by atoms with Crippen molar-refractivity contribution in [3.8, 4) is 5.75 Å². The molecule has 0 saturated heterocycles. The molecule has 1 aliphatic rings. The second-order valence-corrected chi connectivity index (χ2v) is 4.90. The summed E-state index contributed by atoms with van der Waals surface area (Å²) < 4.78 is 5.71. The predicted octanol–water partition coefficient (Wildman–Crippen LogP) is 3.31. The maximum atomic E-state index is 10.1. The highest BCUT2D eigenvalue weighted by Crippen LogP contribution is 2.39. The largest absolute Gasteiger partial charge is 0.491 e. The Bertz CT molecular complexity index is 342. The van der Waals surface area contributed by atoms with Gasteiger partial charge in [0.2, 0.25) is 0 Å². The van der Waals surface area contributed by atoms with Gasteiger partial charge in [0.25, 0.3) is 0 Å². The van der Waals surface area contributed by atoms with E-state index in [1.54, 1.807) is 0 Å². The van der Waals surface area contributed by atoms with Crippen molar-refractivity contribution in [3.63, 3.8) is 0 Å². The Morgan fingerprint density at radius 2 is 2.00 bits per heavy atom. The Morgan fingerprint density at radius 1 is 1.31 bits per heavy atom. The van der Waals surface area contributed by atoms with E-state index in [4.69, 9.17) is 4.74 Å². The summed E-state index contributed by atoms with van der Waals surface area (Å²) in [7, 11) is 0. The van der Waals surface area contributed by atoms with Crippen LogP contribution in [0.25, 0.3) is 0 Å². The van der Waals surface area contributed by atoms with E-state index in [0.717, 1.165) is 23.7 Å². The fourth-order valence-electron chi connectivity index (χ4n) is 1.91. The fourth-order valence-corrected chi connectivity index (χ4v) is 1.91. The standard InChI is InChI=1S/C14H20O2/c1-10(2)16-14-6-4-3-5-12(14)13(15)9-11-7-8-11/h3-6,10-11,13,15H,7-9H2,1-2H3. The van der Waals surface area contributed by atoms with E-state index in [2.05, 4.69) is 0 Å². The third-order valence-electron chi connectivity index (χ3n) is 2.89. The van der Waals surface area contributed by atoms with E-state index < -0.39 is 0 Å². The quantitative estimate of drug-likeness (QED) is 0.825. The van der Waals surface area contributed by atoms with Crippen LogP contribution in [-0.4, -0.2) is 11.2 Å². The van der Waals surface area contributed by atoms with Crippen molar-refractivity contribution in [3.05, 3.63) is 29.8 Å². The minimum absolute atomic E-state index is 0.147. The van der Waals surface area contributed by atoms with Crippen LogP contribution in [0.5, 0.6) is 5.75 Å². The van der Waals surface area contributed by atoms with Gasteiger partial charge >= 0.3 is 0 Å². The van der Waals surface area contributed by atoms with Crippen molar-refractivity contribution < 1.29 is 9.84 Å². The molecule has 1 atom stereocenters. The lowest BCUT2D eigenvalue weighted by Gasteiger charge is -2.17. The van der Waals surface area contributed by atoms with E-state index in [1.807, 2.05) is 38.1 Å². The molecule has 0 radical (unpaired) electrons. The van der Waals surface area contributed by atoms with Crippen LogP contribution in [0.4, 0.5) is 0 Å². The Labute approximate surface area is 97.3 Å². The number of para-hydroxylation sites is 1. The first-order chi connectivity index (χ1) is 7.66. The fraction of sp³-hybridized carbons (Fsp3) is 0.571. The van der Waals surface area contributed by atoms with Crippen LogP contribution >= 0.6 is 0 Å². The molecular formula is C14H20O2. The Morgan fingerprint density at radius 3 is 2.62 bits per heavy atom. The number of aliphatic hydroxyl groups excluding tert-OH is 1. The lowest BCUT2D eigenvalue weighted by molar-refractivity contribution is 0.150. The van der Waals surface area contributed by atoms with Gasteiger partial charge in [-0.25, -0.2) is 0 Å². The van der Waals surface area contributed by atoms with E-state index in [-0.39, 0.29) is 12.2 Å². The Kier molecular flexibility index (Phi) is 3.49. The van der Waals surface area contributed by atoms with Gasteiger partial charge in [-0.05, 0) is 32.3 Å². The summed E-state index contributed by atoms with van der Waals surface area (Å²) in [5, 5.41) is 10.1. The van der Waals surface area contributed by atoms with Crippen molar-refractivity contribution >= 4 is 0 Å². The molecule has 1 aromatic carbocycles. The zero-order valence-corrected chi connectivity index (χ0v) is 10.0. The molecule has 1 aliphatic carbocycles. The SMILES string of the molecule is CC(C)Oc1ccccc1C(O)CC1CC1. The van der Waals surface area contributed by atoms with Gasteiger partial charge in [0.1, 0.15) is 5.75 Å². The normalized spacial score (nSPS) is 17.5. The molecule has 88 valence electrons. The third kappa shape index (κ3) is 2.99. The number of hydrogen-bond donors (Lipinski definition) is 1. The number of aliphatic hydroxyl groups is 1. The van der Waals surface area contributed by atoms with Crippen LogP contribution in [-0.2, 0) is 0 Å². The summed E-state index contributed by atoms with van der Waals surface area (Å²) in [5.41, 5.74) is 0.933. The average Bonchev–Trinajstić information content (AvgIpc) is 3.01. The van der Waals surface area contributed by atoms with Crippen molar-refractivity contribution in [1.82, 2.24) is 0 Å². The minimum Gasteiger partial charge on any atom is -0.491 e. The first-order valence-electron chi connectivity index (χ1n) is 6.10. The van der Waals surface area contributed by atoms with Gasteiger partial charge in [0, 0.05) is 5.56 Å². The molecule has 1 saturated carbocycles. The second kappa shape index (κ2) is 4.88. The molecule has 2 nitrogen and oxygen atoms in total. The van der Waals surface area contributed by atoms with E-state index in [0.29, 0.717) is 0 Å². The van der Waals surface area contributed by atoms with Crippen LogP contribution in [0, 0.1) is 5.92 Å². The molecule has 0 aliphatic heterocycles.